The fourth-order valence-corrected chi connectivity index (χ4v) is 2.43. The first-order valence-corrected chi connectivity index (χ1v) is 8.22. The third kappa shape index (κ3) is 9.06. The molecule has 0 heterocycles. The molecule has 1 N–H and O–H groups in total. The van der Waals surface area contributed by atoms with Crippen molar-refractivity contribution in [3.8, 4) is 0 Å². The van der Waals surface area contributed by atoms with Gasteiger partial charge in [-0.3, -0.25) is 0 Å². The zero-order chi connectivity index (χ0) is 15.3. The molecule has 0 spiro atoms. The standard InChI is InChI=1S/C19H28O2/c1-2-3-4-5-6-7-8-9-10-17-11-13-18(14-12-17)15-16-19(20)21/h11-16H,2-10H2,1H3,(H,20,21). The number of carbonyl (C=O) groups is 1. The first kappa shape index (κ1) is 17.5. The van der Waals surface area contributed by atoms with Crippen molar-refractivity contribution in [2.75, 3.05) is 0 Å². The third-order valence-corrected chi connectivity index (χ3v) is 3.72. The monoisotopic (exact) mass is 288 g/mol. The van der Waals surface area contributed by atoms with E-state index in [0.29, 0.717) is 0 Å². The number of unbranched alkanes of at least 4 members (excludes halogenated alkanes) is 7. The summed E-state index contributed by atoms with van der Waals surface area (Å²) in [7, 11) is 0. The van der Waals surface area contributed by atoms with Gasteiger partial charge in [0.05, 0.1) is 0 Å². The van der Waals surface area contributed by atoms with E-state index in [1.165, 1.54) is 63.0 Å². The molecule has 0 amide bonds. The van der Waals surface area contributed by atoms with Crippen molar-refractivity contribution >= 4 is 12.0 Å². The van der Waals surface area contributed by atoms with Gasteiger partial charge in [-0.1, -0.05) is 76.1 Å². The molecule has 116 valence electrons. The van der Waals surface area contributed by atoms with E-state index in [-0.39, 0.29) is 0 Å². The maximum atomic E-state index is 10.4. The number of carboxylic acids is 1. The average molecular weight is 288 g/mol. The Labute approximate surface area is 128 Å². The number of benzene rings is 1. The van der Waals surface area contributed by atoms with Crippen molar-refractivity contribution in [3.05, 3.63) is 41.5 Å². The van der Waals surface area contributed by atoms with Crippen molar-refractivity contribution in [3.63, 3.8) is 0 Å². The molecule has 0 atom stereocenters. The maximum absolute atomic E-state index is 10.4. The fourth-order valence-electron chi connectivity index (χ4n) is 2.43. The normalized spacial score (nSPS) is 11.1. The molecule has 2 nitrogen and oxygen atoms in total. The second kappa shape index (κ2) is 11.1. The van der Waals surface area contributed by atoms with E-state index in [2.05, 4.69) is 19.1 Å². The summed E-state index contributed by atoms with van der Waals surface area (Å²) in [4.78, 5) is 10.4. The molecule has 0 aromatic heterocycles. The lowest BCUT2D eigenvalue weighted by molar-refractivity contribution is -0.131. The predicted octanol–water partition coefficient (Wildman–Crippen LogP) is 5.47. The highest BCUT2D eigenvalue weighted by molar-refractivity contribution is 5.85. The quantitative estimate of drug-likeness (QED) is 0.433. The van der Waals surface area contributed by atoms with E-state index in [4.69, 9.17) is 5.11 Å². The van der Waals surface area contributed by atoms with Gasteiger partial charge in [0.2, 0.25) is 0 Å². The van der Waals surface area contributed by atoms with Gasteiger partial charge in [-0.2, -0.15) is 0 Å². The lowest BCUT2D eigenvalue weighted by Gasteiger charge is -2.03. The Bertz CT molecular complexity index is 418. The summed E-state index contributed by atoms with van der Waals surface area (Å²) < 4.78 is 0. The number of aryl methyl sites for hydroxylation is 1. The van der Waals surface area contributed by atoms with E-state index in [1.54, 1.807) is 6.08 Å². The zero-order valence-corrected chi connectivity index (χ0v) is 13.2. The molecule has 0 saturated heterocycles. The second-order valence-electron chi connectivity index (χ2n) is 5.64. The van der Waals surface area contributed by atoms with Gasteiger partial charge >= 0.3 is 5.97 Å². The van der Waals surface area contributed by atoms with E-state index in [0.717, 1.165) is 12.0 Å². The number of aliphatic carboxylic acids is 1. The number of rotatable bonds is 11. The lowest BCUT2D eigenvalue weighted by atomic mass is 10.0. The van der Waals surface area contributed by atoms with Crippen LogP contribution in [-0.2, 0) is 11.2 Å². The largest absolute Gasteiger partial charge is 0.478 e. The zero-order valence-electron chi connectivity index (χ0n) is 13.2. The summed E-state index contributed by atoms with van der Waals surface area (Å²) in [5, 5.41) is 8.58. The molecule has 1 rings (SSSR count). The molecule has 0 unspecified atom stereocenters. The van der Waals surface area contributed by atoms with Crippen molar-refractivity contribution < 1.29 is 9.90 Å². The van der Waals surface area contributed by atoms with Crippen LogP contribution in [-0.4, -0.2) is 11.1 Å². The predicted molar refractivity (Wildman–Crippen MR) is 89.4 cm³/mol. The topological polar surface area (TPSA) is 37.3 Å². The Hall–Kier alpha value is -1.57. The average Bonchev–Trinajstić information content (AvgIpc) is 2.49. The van der Waals surface area contributed by atoms with Crippen LogP contribution in [0.1, 0.15) is 69.4 Å². The Morgan fingerprint density at radius 1 is 0.952 bits per heavy atom. The maximum Gasteiger partial charge on any atom is 0.328 e. The minimum absolute atomic E-state index is 0.905. The molecule has 0 aliphatic heterocycles. The molecule has 0 saturated carbocycles. The van der Waals surface area contributed by atoms with Crippen LogP contribution in [0.5, 0.6) is 0 Å². The van der Waals surface area contributed by atoms with E-state index < -0.39 is 5.97 Å². The summed E-state index contributed by atoms with van der Waals surface area (Å²) in [6.45, 7) is 2.25. The minimum atomic E-state index is -0.905. The van der Waals surface area contributed by atoms with Crippen LogP contribution < -0.4 is 0 Å². The van der Waals surface area contributed by atoms with E-state index >= 15 is 0 Å². The molecule has 0 fully saturated rings. The first-order chi connectivity index (χ1) is 10.2. The van der Waals surface area contributed by atoms with Gasteiger partial charge in [0.15, 0.2) is 0 Å². The van der Waals surface area contributed by atoms with Gasteiger partial charge in [0, 0.05) is 6.08 Å². The van der Waals surface area contributed by atoms with Crippen LogP contribution in [0.4, 0.5) is 0 Å². The van der Waals surface area contributed by atoms with Crippen LogP contribution in [0.15, 0.2) is 30.3 Å². The molecule has 1 aromatic rings. The summed E-state index contributed by atoms with van der Waals surface area (Å²) in [5.74, 6) is -0.905. The van der Waals surface area contributed by atoms with Crippen molar-refractivity contribution in [1.29, 1.82) is 0 Å². The highest BCUT2D eigenvalue weighted by atomic mass is 16.4. The van der Waals surface area contributed by atoms with Gasteiger partial charge < -0.3 is 5.11 Å². The third-order valence-electron chi connectivity index (χ3n) is 3.72. The van der Waals surface area contributed by atoms with Gasteiger partial charge in [0.25, 0.3) is 0 Å². The second-order valence-corrected chi connectivity index (χ2v) is 5.64. The van der Waals surface area contributed by atoms with Crippen LogP contribution in [0, 0.1) is 0 Å². The SMILES string of the molecule is CCCCCCCCCCc1ccc(C=CC(=O)O)cc1. The van der Waals surface area contributed by atoms with Crippen LogP contribution in [0.2, 0.25) is 0 Å². The Kier molecular flexibility index (Phi) is 9.26. The fraction of sp³-hybridized carbons (Fsp3) is 0.526. The number of hydrogen-bond donors (Lipinski definition) is 1. The Balaban J connectivity index is 2.14. The highest BCUT2D eigenvalue weighted by Gasteiger charge is 1.95. The first-order valence-electron chi connectivity index (χ1n) is 8.22. The number of carboxylic acid groups (broad SMARTS) is 1. The smallest absolute Gasteiger partial charge is 0.328 e. The summed E-state index contributed by atoms with van der Waals surface area (Å²) in [6, 6.07) is 8.17. The molecule has 1 aromatic carbocycles. The van der Waals surface area contributed by atoms with Gasteiger partial charge in [-0.05, 0) is 30.0 Å². The van der Waals surface area contributed by atoms with E-state index in [1.807, 2.05) is 12.1 Å². The minimum Gasteiger partial charge on any atom is -0.478 e. The molecular formula is C19H28O2. The van der Waals surface area contributed by atoms with Gasteiger partial charge in [-0.25, -0.2) is 4.79 Å². The Morgan fingerprint density at radius 3 is 2.10 bits per heavy atom. The van der Waals surface area contributed by atoms with E-state index in [9.17, 15) is 4.79 Å². The summed E-state index contributed by atoms with van der Waals surface area (Å²) in [5.41, 5.74) is 2.28. The molecule has 0 aliphatic carbocycles. The van der Waals surface area contributed by atoms with Crippen molar-refractivity contribution in [1.82, 2.24) is 0 Å². The molecule has 0 aliphatic rings. The van der Waals surface area contributed by atoms with Crippen molar-refractivity contribution in [2.45, 2.75) is 64.7 Å². The summed E-state index contributed by atoms with van der Waals surface area (Å²) in [6.07, 6.45) is 14.7. The molecule has 21 heavy (non-hydrogen) atoms. The van der Waals surface area contributed by atoms with Gasteiger partial charge in [-0.15, -0.1) is 0 Å². The lowest BCUT2D eigenvalue weighted by Crippen LogP contribution is -1.88. The Morgan fingerprint density at radius 2 is 1.52 bits per heavy atom. The van der Waals surface area contributed by atoms with Gasteiger partial charge in [0.1, 0.15) is 0 Å². The number of hydrogen-bond acceptors (Lipinski definition) is 1. The van der Waals surface area contributed by atoms with Crippen LogP contribution >= 0.6 is 0 Å². The highest BCUT2D eigenvalue weighted by Crippen LogP contribution is 2.12. The molecule has 0 radical (unpaired) electrons. The molecule has 0 bridgehead atoms. The molecular weight excluding hydrogens is 260 g/mol. The van der Waals surface area contributed by atoms with Crippen LogP contribution in [0.25, 0.3) is 6.08 Å². The van der Waals surface area contributed by atoms with Crippen molar-refractivity contribution in [2.24, 2.45) is 0 Å². The summed E-state index contributed by atoms with van der Waals surface area (Å²) >= 11 is 0. The van der Waals surface area contributed by atoms with Crippen LogP contribution in [0.3, 0.4) is 0 Å². The molecule has 2 heteroatoms.